The normalized spacial score (nSPS) is 11.0. The van der Waals surface area contributed by atoms with Gasteiger partial charge in [0.15, 0.2) is 0 Å². The van der Waals surface area contributed by atoms with Gasteiger partial charge >= 0.3 is 24.1 Å². The molecule has 6 aromatic rings. The zero-order chi connectivity index (χ0) is 43.6. The SMILES string of the molecule is O=C(Nc1ccc(Br)cc1)Nc1ccc(S(=O)(=O)NC(=O)Nc2ccc(Cc3ccc(NC(=O)NS(=O)(=O)c4ccc(NC(=O)Nc5ccc(Br)cc5)cc4)cc3)cc2)cc1. The van der Waals surface area contributed by atoms with Crippen LogP contribution in [0.5, 0.6) is 0 Å². The average Bonchev–Trinajstić information content (AvgIpc) is 3.21. The van der Waals surface area contributed by atoms with Crippen LogP contribution in [-0.2, 0) is 26.5 Å². The summed E-state index contributed by atoms with van der Waals surface area (Å²) in [5.74, 6) is 0. The average molecular weight is 991 g/mol. The zero-order valence-electron chi connectivity index (χ0n) is 31.4. The summed E-state index contributed by atoms with van der Waals surface area (Å²) in [6.07, 6.45) is 0.467. The van der Waals surface area contributed by atoms with Crippen molar-refractivity contribution in [1.82, 2.24) is 9.44 Å². The van der Waals surface area contributed by atoms with Crippen LogP contribution in [0.3, 0.4) is 0 Å². The van der Waals surface area contributed by atoms with Gasteiger partial charge in [-0.15, -0.1) is 0 Å². The van der Waals surface area contributed by atoms with E-state index in [-0.39, 0.29) is 9.79 Å². The summed E-state index contributed by atoms with van der Waals surface area (Å²) in [5, 5.41) is 15.5. The van der Waals surface area contributed by atoms with Gasteiger partial charge in [-0.1, -0.05) is 56.1 Å². The molecule has 61 heavy (non-hydrogen) atoms. The molecule has 0 atom stereocenters. The van der Waals surface area contributed by atoms with Crippen molar-refractivity contribution in [1.29, 1.82) is 0 Å². The van der Waals surface area contributed by atoms with E-state index in [9.17, 15) is 36.0 Å². The molecular weight excluding hydrogens is 956 g/mol. The zero-order valence-corrected chi connectivity index (χ0v) is 36.2. The predicted octanol–water partition coefficient (Wildman–Crippen LogP) is 9.11. The molecule has 6 rings (SSSR count). The van der Waals surface area contributed by atoms with Crippen LogP contribution >= 0.6 is 31.9 Å². The molecule has 6 aromatic carbocycles. The van der Waals surface area contributed by atoms with Gasteiger partial charge in [0.25, 0.3) is 20.0 Å². The van der Waals surface area contributed by atoms with Gasteiger partial charge in [0.1, 0.15) is 0 Å². The van der Waals surface area contributed by atoms with Gasteiger partial charge in [-0.3, -0.25) is 0 Å². The van der Waals surface area contributed by atoms with Crippen molar-refractivity contribution in [2.75, 3.05) is 31.9 Å². The molecule has 0 unspecified atom stereocenters. The number of nitrogens with one attached hydrogen (secondary N) is 8. The summed E-state index contributed by atoms with van der Waals surface area (Å²) in [4.78, 5) is 49.4. The third kappa shape index (κ3) is 13.1. The Morgan fingerprint density at radius 2 is 0.574 bits per heavy atom. The predicted molar refractivity (Wildman–Crippen MR) is 241 cm³/mol. The van der Waals surface area contributed by atoms with Crippen LogP contribution in [-0.4, -0.2) is 41.0 Å². The minimum Gasteiger partial charge on any atom is -0.308 e. The van der Waals surface area contributed by atoms with E-state index in [1.165, 1.54) is 48.5 Å². The fourth-order valence-electron chi connectivity index (χ4n) is 5.41. The Kier molecular flexibility index (Phi) is 14.0. The van der Waals surface area contributed by atoms with Gasteiger partial charge in [-0.05, 0) is 139 Å². The van der Waals surface area contributed by atoms with Crippen molar-refractivity contribution in [3.63, 3.8) is 0 Å². The molecule has 0 radical (unpaired) electrons. The Hall–Kier alpha value is -6.74. The summed E-state index contributed by atoms with van der Waals surface area (Å²) in [5.41, 5.74) is 4.17. The molecule has 0 aromatic heterocycles. The number of hydrogen-bond acceptors (Lipinski definition) is 8. The lowest BCUT2D eigenvalue weighted by Crippen LogP contribution is -2.34. The number of carbonyl (C=O) groups is 4. The summed E-state index contributed by atoms with van der Waals surface area (Å²) >= 11 is 6.64. The number of hydrogen-bond donors (Lipinski definition) is 8. The van der Waals surface area contributed by atoms with Crippen LogP contribution in [0.25, 0.3) is 0 Å². The number of benzene rings is 6. The second-order valence-corrected chi connectivity index (χ2v) is 18.1. The van der Waals surface area contributed by atoms with Gasteiger partial charge in [-0.2, -0.15) is 0 Å². The number of halogens is 2. The van der Waals surface area contributed by atoms with Gasteiger partial charge in [-0.25, -0.2) is 45.5 Å². The number of amides is 8. The van der Waals surface area contributed by atoms with Crippen molar-refractivity contribution in [2.24, 2.45) is 0 Å². The fraction of sp³-hybridized carbons (Fsp3) is 0.0244. The maximum absolute atomic E-state index is 12.8. The molecule has 0 heterocycles. The Bertz CT molecular complexity index is 2570. The van der Waals surface area contributed by atoms with Crippen molar-refractivity contribution in [2.45, 2.75) is 16.2 Å². The molecule has 16 nitrogen and oxygen atoms in total. The summed E-state index contributed by atoms with van der Waals surface area (Å²) in [6.45, 7) is 0. The highest BCUT2D eigenvalue weighted by Crippen LogP contribution is 2.20. The maximum Gasteiger partial charge on any atom is 0.333 e. The summed E-state index contributed by atoms with van der Waals surface area (Å²) < 4.78 is 57.0. The lowest BCUT2D eigenvalue weighted by molar-refractivity contribution is 0.255. The van der Waals surface area contributed by atoms with Gasteiger partial charge in [0.05, 0.1) is 9.79 Å². The van der Waals surface area contributed by atoms with E-state index in [0.29, 0.717) is 40.5 Å². The highest BCUT2D eigenvalue weighted by atomic mass is 79.9. The molecule has 0 saturated heterocycles. The second kappa shape index (κ2) is 19.5. The monoisotopic (exact) mass is 988 g/mol. The van der Waals surface area contributed by atoms with E-state index in [2.05, 4.69) is 63.8 Å². The molecule has 0 saturated carbocycles. The van der Waals surface area contributed by atoms with Crippen LogP contribution < -0.4 is 41.3 Å². The van der Waals surface area contributed by atoms with E-state index in [4.69, 9.17) is 0 Å². The van der Waals surface area contributed by atoms with Crippen molar-refractivity contribution >= 4 is 110 Å². The first-order chi connectivity index (χ1) is 29.1. The first kappa shape index (κ1) is 43.8. The smallest absolute Gasteiger partial charge is 0.308 e. The lowest BCUT2D eigenvalue weighted by Gasteiger charge is -2.11. The molecule has 0 fully saturated rings. The van der Waals surface area contributed by atoms with Crippen molar-refractivity contribution in [3.05, 3.63) is 166 Å². The molecule has 0 aliphatic rings. The Balaban J connectivity index is 0.930. The lowest BCUT2D eigenvalue weighted by atomic mass is 10.0. The Morgan fingerprint density at radius 3 is 0.852 bits per heavy atom. The Morgan fingerprint density at radius 1 is 0.344 bits per heavy atom. The number of sulfonamides is 2. The minimum atomic E-state index is -4.24. The first-order valence-electron chi connectivity index (χ1n) is 17.8. The molecule has 20 heteroatoms. The second-order valence-electron chi connectivity index (χ2n) is 12.9. The van der Waals surface area contributed by atoms with E-state index in [1.807, 2.05) is 9.44 Å². The highest BCUT2D eigenvalue weighted by molar-refractivity contribution is 9.10. The van der Waals surface area contributed by atoms with Crippen molar-refractivity contribution < 1.29 is 36.0 Å². The number of carbonyl (C=O) groups excluding carboxylic acids is 4. The topological polar surface area (TPSA) is 233 Å². The molecule has 8 N–H and O–H groups in total. The van der Waals surface area contributed by atoms with Gasteiger partial charge in [0.2, 0.25) is 0 Å². The standard InChI is InChI=1S/C41H34Br2N8O8S2/c42-28-5-13-32(14-6-28)44-38(52)46-34-17-21-36(22-18-34)60(56,57)50-40(54)48-30-9-1-26(2-10-30)25-27-3-11-31(12-4-27)49-41(55)51-61(58,59)37-23-19-35(20-24-37)47-39(53)45-33-15-7-29(43)8-16-33/h1-24H,25H2,(H2,44,46,52)(H2,45,47,53)(H2,48,50,54)(H2,49,51,55). The van der Waals surface area contributed by atoms with Gasteiger partial charge < -0.3 is 31.9 Å². The molecule has 8 amide bonds. The maximum atomic E-state index is 12.8. The van der Waals surface area contributed by atoms with E-state index in [1.54, 1.807) is 97.1 Å². The third-order valence-electron chi connectivity index (χ3n) is 8.34. The van der Waals surface area contributed by atoms with Gasteiger partial charge in [0, 0.05) is 43.1 Å². The number of urea groups is 4. The first-order valence-corrected chi connectivity index (χ1v) is 22.4. The minimum absolute atomic E-state index is 0.193. The summed E-state index contributed by atoms with van der Waals surface area (Å²) in [6, 6.07) is 34.8. The van der Waals surface area contributed by atoms with Crippen molar-refractivity contribution in [3.8, 4) is 0 Å². The van der Waals surface area contributed by atoms with E-state index >= 15 is 0 Å². The van der Waals surface area contributed by atoms with Crippen LogP contribution in [0.2, 0.25) is 0 Å². The Labute approximate surface area is 367 Å². The summed E-state index contributed by atoms with van der Waals surface area (Å²) in [7, 11) is -8.48. The molecule has 0 bridgehead atoms. The van der Waals surface area contributed by atoms with E-state index in [0.717, 1.165) is 20.1 Å². The largest absolute Gasteiger partial charge is 0.333 e. The molecule has 312 valence electrons. The van der Waals surface area contributed by atoms with Crippen LogP contribution in [0, 0.1) is 0 Å². The molecule has 0 aliphatic carbocycles. The highest BCUT2D eigenvalue weighted by Gasteiger charge is 2.20. The molecular formula is C41H34Br2N8O8S2. The third-order valence-corrected chi connectivity index (χ3v) is 12.1. The quantitative estimate of drug-likeness (QED) is 0.0588. The molecule has 0 aliphatic heterocycles. The number of anilines is 6. The van der Waals surface area contributed by atoms with E-state index < -0.39 is 44.2 Å². The number of rotatable bonds is 12. The van der Waals surface area contributed by atoms with Crippen LogP contribution in [0.1, 0.15) is 11.1 Å². The van der Waals surface area contributed by atoms with Crippen LogP contribution in [0.4, 0.5) is 53.3 Å². The van der Waals surface area contributed by atoms with Crippen LogP contribution in [0.15, 0.2) is 164 Å². The molecule has 0 spiro atoms. The fourth-order valence-corrected chi connectivity index (χ4v) is 7.75.